The number of rotatable bonds is 2. The molecule has 0 amide bonds. The number of hydrogen-bond donors (Lipinski definition) is 0. The maximum Gasteiger partial charge on any atom is 0.180 e. The molecule has 0 saturated heterocycles. The van der Waals surface area contributed by atoms with Crippen molar-refractivity contribution in [1.82, 2.24) is 9.38 Å². The van der Waals surface area contributed by atoms with Crippen molar-refractivity contribution in [1.29, 1.82) is 5.26 Å². The Morgan fingerprint density at radius 2 is 2.00 bits per heavy atom. The third-order valence-corrected chi connectivity index (χ3v) is 3.25. The van der Waals surface area contributed by atoms with Gasteiger partial charge in [0.1, 0.15) is 5.75 Å². The zero-order chi connectivity index (χ0) is 14.1. The van der Waals surface area contributed by atoms with Crippen molar-refractivity contribution in [3.8, 4) is 17.6 Å². The van der Waals surface area contributed by atoms with Gasteiger partial charge in [0.15, 0.2) is 11.4 Å². The number of nitrogens with zero attached hydrogens (tertiary/aromatic N) is 3. The standard InChI is InChI=1S/C15H10BrN3O/c1-10-8-19-9-12(16)6-14(15(19)18-10)20-13-4-2-11(7-17)3-5-13/h2-6,8-9H,1H3. The minimum Gasteiger partial charge on any atom is -0.453 e. The van der Waals surface area contributed by atoms with Crippen LogP contribution in [0.3, 0.4) is 0 Å². The summed E-state index contributed by atoms with van der Waals surface area (Å²) in [5, 5.41) is 8.79. The first-order valence-corrected chi connectivity index (χ1v) is 6.78. The Hall–Kier alpha value is -2.32. The van der Waals surface area contributed by atoms with Gasteiger partial charge in [0.25, 0.3) is 0 Å². The number of pyridine rings is 1. The highest BCUT2D eigenvalue weighted by molar-refractivity contribution is 9.10. The molecule has 98 valence electrons. The molecule has 0 spiro atoms. The molecule has 3 aromatic rings. The molecule has 1 aromatic carbocycles. The van der Waals surface area contributed by atoms with Crippen molar-refractivity contribution >= 4 is 21.6 Å². The highest BCUT2D eigenvalue weighted by Crippen LogP contribution is 2.29. The molecule has 0 saturated carbocycles. The summed E-state index contributed by atoms with van der Waals surface area (Å²) < 4.78 is 8.69. The van der Waals surface area contributed by atoms with Crippen LogP contribution >= 0.6 is 15.9 Å². The van der Waals surface area contributed by atoms with Crippen molar-refractivity contribution in [2.75, 3.05) is 0 Å². The smallest absolute Gasteiger partial charge is 0.180 e. The largest absolute Gasteiger partial charge is 0.453 e. The quantitative estimate of drug-likeness (QED) is 0.712. The number of ether oxygens (including phenoxy) is 1. The monoisotopic (exact) mass is 327 g/mol. The van der Waals surface area contributed by atoms with Crippen molar-refractivity contribution in [2.45, 2.75) is 6.92 Å². The molecule has 3 rings (SSSR count). The van der Waals surface area contributed by atoms with Crippen LogP contribution in [-0.2, 0) is 0 Å². The van der Waals surface area contributed by atoms with E-state index >= 15 is 0 Å². The van der Waals surface area contributed by atoms with Crippen LogP contribution in [0.2, 0.25) is 0 Å². The van der Waals surface area contributed by atoms with Crippen LogP contribution in [0.5, 0.6) is 11.5 Å². The van der Waals surface area contributed by atoms with Crippen molar-refractivity contribution in [3.05, 3.63) is 58.5 Å². The lowest BCUT2D eigenvalue weighted by Gasteiger charge is -2.07. The number of imidazole rings is 1. The maximum atomic E-state index is 8.79. The van der Waals surface area contributed by atoms with Gasteiger partial charge < -0.3 is 9.14 Å². The Morgan fingerprint density at radius 3 is 2.70 bits per heavy atom. The van der Waals surface area contributed by atoms with Crippen molar-refractivity contribution < 1.29 is 4.74 Å². The number of nitriles is 1. The SMILES string of the molecule is Cc1cn2cc(Br)cc(Oc3ccc(C#N)cc3)c2n1. The van der Waals surface area contributed by atoms with Crippen molar-refractivity contribution in [2.24, 2.45) is 0 Å². The molecule has 0 bridgehead atoms. The summed E-state index contributed by atoms with van der Waals surface area (Å²) in [5.41, 5.74) is 2.29. The lowest BCUT2D eigenvalue weighted by molar-refractivity contribution is 0.484. The number of aryl methyl sites for hydroxylation is 1. The van der Waals surface area contributed by atoms with Gasteiger partial charge in [0.05, 0.1) is 17.3 Å². The van der Waals surface area contributed by atoms with Gasteiger partial charge in [0, 0.05) is 22.9 Å². The molecular weight excluding hydrogens is 318 g/mol. The highest BCUT2D eigenvalue weighted by atomic mass is 79.9. The molecule has 5 heteroatoms. The first-order chi connectivity index (χ1) is 9.65. The maximum absolute atomic E-state index is 8.79. The summed E-state index contributed by atoms with van der Waals surface area (Å²) in [5.74, 6) is 1.34. The summed E-state index contributed by atoms with van der Waals surface area (Å²) in [4.78, 5) is 4.45. The minimum absolute atomic E-state index is 0.605. The van der Waals surface area contributed by atoms with Gasteiger partial charge in [-0.25, -0.2) is 4.98 Å². The summed E-state index contributed by atoms with van der Waals surface area (Å²) in [6.45, 7) is 1.94. The molecule has 2 aromatic heterocycles. The van der Waals surface area contributed by atoms with E-state index in [2.05, 4.69) is 27.0 Å². The second-order valence-electron chi connectivity index (χ2n) is 4.37. The number of hydrogen-bond acceptors (Lipinski definition) is 3. The number of fused-ring (bicyclic) bond motifs is 1. The fourth-order valence-corrected chi connectivity index (χ4v) is 2.38. The van der Waals surface area contributed by atoms with Crippen LogP contribution in [0, 0.1) is 18.3 Å². The minimum atomic E-state index is 0.605. The van der Waals surface area contributed by atoms with E-state index < -0.39 is 0 Å². The molecule has 2 heterocycles. The Labute approximate surface area is 124 Å². The van der Waals surface area contributed by atoms with E-state index in [0.29, 0.717) is 17.1 Å². The van der Waals surface area contributed by atoms with Crippen LogP contribution in [0.15, 0.2) is 47.2 Å². The Kier molecular flexibility index (Phi) is 3.17. The molecule has 20 heavy (non-hydrogen) atoms. The lowest BCUT2D eigenvalue weighted by Crippen LogP contribution is -1.91. The Balaban J connectivity index is 2.03. The Bertz CT molecular complexity index is 815. The van der Waals surface area contributed by atoms with Gasteiger partial charge in [-0.15, -0.1) is 0 Å². The van der Waals surface area contributed by atoms with Gasteiger partial charge in [-0.05, 0) is 47.1 Å². The summed E-state index contributed by atoms with van der Waals surface area (Å²) in [6, 6.07) is 10.9. The second kappa shape index (κ2) is 4.99. The normalized spacial score (nSPS) is 10.4. The summed E-state index contributed by atoms with van der Waals surface area (Å²) in [6.07, 6.45) is 3.87. The van der Waals surface area contributed by atoms with E-state index in [1.54, 1.807) is 24.3 Å². The van der Waals surface area contributed by atoms with Gasteiger partial charge in [-0.3, -0.25) is 0 Å². The van der Waals surface area contributed by atoms with E-state index in [1.165, 1.54) is 0 Å². The molecule has 0 N–H and O–H groups in total. The molecule has 0 aliphatic rings. The van der Waals surface area contributed by atoms with Crippen LogP contribution < -0.4 is 4.74 Å². The summed E-state index contributed by atoms with van der Waals surface area (Å²) >= 11 is 3.46. The van der Waals surface area contributed by atoms with Crippen LogP contribution in [0.25, 0.3) is 5.65 Å². The first-order valence-electron chi connectivity index (χ1n) is 5.98. The van der Waals surface area contributed by atoms with Gasteiger partial charge in [-0.2, -0.15) is 5.26 Å². The third kappa shape index (κ3) is 2.38. The zero-order valence-corrected chi connectivity index (χ0v) is 12.3. The van der Waals surface area contributed by atoms with Crippen LogP contribution in [0.1, 0.15) is 11.3 Å². The molecule has 0 aliphatic heterocycles. The molecule has 0 radical (unpaired) electrons. The lowest BCUT2D eigenvalue weighted by atomic mass is 10.2. The highest BCUT2D eigenvalue weighted by Gasteiger charge is 2.08. The predicted octanol–water partition coefficient (Wildman–Crippen LogP) is 4.07. The molecule has 0 unspecified atom stereocenters. The number of aromatic nitrogens is 2. The zero-order valence-electron chi connectivity index (χ0n) is 10.7. The van der Waals surface area contributed by atoms with Gasteiger partial charge in [0.2, 0.25) is 0 Å². The van der Waals surface area contributed by atoms with E-state index in [4.69, 9.17) is 10.00 Å². The van der Waals surface area contributed by atoms with E-state index in [9.17, 15) is 0 Å². The molecular formula is C15H10BrN3O. The van der Waals surface area contributed by atoms with E-state index in [0.717, 1.165) is 15.8 Å². The first kappa shape index (κ1) is 12.7. The van der Waals surface area contributed by atoms with Crippen LogP contribution in [-0.4, -0.2) is 9.38 Å². The average Bonchev–Trinajstić information content (AvgIpc) is 2.80. The molecule has 0 aliphatic carbocycles. The Morgan fingerprint density at radius 1 is 1.25 bits per heavy atom. The summed E-state index contributed by atoms with van der Waals surface area (Å²) in [7, 11) is 0. The predicted molar refractivity (Wildman–Crippen MR) is 78.9 cm³/mol. The molecule has 0 fully saturated rings. The fourth-order valence-electron chi connectivity index (χ4n) is 1.96. The van der Waals surface area contributed by atoms with Crippen LogP contribution in [0.4, 0.5) is 0 Å². The number of benzene rings is 1. The van der Waals surface area contributed by atoms with E-state index in [1.807, 2.05) is 29.8 Å². The average molecular weight is 328 g/mol. The second-order valence-corrected chi connectivity index (χ2v) is 5.29. The fraction of sp³-hybridized carbons (Fsp3) is 0.0667. The third-order valence-electron chi connectivity index (χ3n) is 2.82. The number of halogens is 1. The topological polar surface area (TPSA) is 50.3 Å². The molecule has 0 atom stereocenters. The molecule has 4 nitrogen and oxygen atoms in total. The van der Waals surface area contributed by atoms with Gasteiger partial charge >= 0.3 is 0 Å². The van der Waals surface area contributed by atoms with E-state index in [-0.39, 0.29) is 0 Å². The van der Waals surface area contributed by atoms with Crippen molar-refractivity contribution in [3.63, 3.8) is 0 Å². The van der Waals surface area contributed by atoms with Gasteiger partial charge in [-0.1, -0.05) is 0 Å².